The fourth-order valence-electron chi connectivity index (χ4n) is 0.764. The lowest BCUT2D eigenvalue weighted by molar-refractivity contribution is -0.170. The molecule has 0 amide bonds. The molecule has 3 N–H and O–H groups in total. The maximum atomic E-state index is 10.9. The second kappa shape index (κ2) is 9.04. The standard InChI is InChI=1S/C8H15NO7/c10-1-3-15-7(12)5-9(14)6-8(13)16-4-2-11/h10-11,14H,1-6H2. The Morgan fingerprint density at radius 3 is 1.62 bits per heavy atom. The SMILES string of the molecule is O=C(CN(O)CC(=O)OCCO)OCCO. The Kier molecular flexibility index (Phi) is 8.35. The van der Waals surface area contributed by atoms with Crippen LogP contribution in [0.1, 0.15) is 0 Å². The molecule has 0 aromatic heterocycles. The fourth-order valence-corrected chi connectivity index (χ4v) is 0.764. The van der Waals surface area contributed by atoms with Crippen LogP contribution in [0.25, 0.3) is 0 Å². The third kappa shape index (κ3) is 8.12. The highest BCUT2D eigenvalue weighted by molar-refractivity contribution is 5.74. The van der Waals surface area contributed by atoms with Crippen LogP contribution in [0.4, 0.5) is 0 Å². The Bertz CT molecular complexity index is 198. The van der Waals surface area contributed by atoms with Gasteiger partial charge in [-0.25, -0.2) is 0 Å². The van der Waals surface area contributed by atoms with Crippen molar-refractivity contribution < 1.29 is 34.5 Å². The minimum absolute atomic E-state index is 0.165. The molecule has 0 saturated carbocycles. The van der Waals surface area contributed by atoms with Crippen molar-refractivity contribution >= 4 is 11.9 Å². The number of ether oxygens (including phenoxy) is 2. The van der Waals surface area contributed by atoms with Crippen molar-refractivity contribution in [3.63, 3.8) is 0 Å². The van der Waals surface area contributed by atoms with E-state index in [1.165, 1.54) is 0 Å². The normalized spacial score (nSPS) is 10.2. The number of aliphatic hydroxyl groups excluding tert-OH is 2. The first-order valence-corrected chi connectivity index (χ1v) is 4.57. The first-order chi connectivity index (χ1) is 7.60. The van der Waals surface area contributed by atoms with Gasteiger partial charge in [0.05, 0.1) is 13.2 Å². The molecule has 0 rings (SSSR count). The van der Waals surface area contributed by atoms with Crippen LogP contribution in [-0.2, 0) is 19.1 Å². The monoisotopic (exact) mass is 237 g/mol. The maximum Gasteiger partial charge on any atom is 0.322 e. The number of carbonyl (C=O) groups excluding carboxylic acids is 2. The van der Waals surface area contributed by atoms with Crippen LogP contribution < -0.4 is 0 Å². The van der Waals surface area contributed by atoms with Gasteiger partial charge in [0.1, 0.15) is 26.3 Å². The zero-order valence-electron chi connectivity index (χ0n) is 8.66. The Balaban J connectivity index is 3.67. The van der Waals surface area contributed by atoms with Crippen molar-refractivity contribution in [1.82, 2.24) is 5.06 Å². The van der Waals surface area contributed by atoms with Gasteiger partial charge < -0.3 is 24.9 Å². The molecular formula is C8H15NO7. The average Bonchev–Trinajstić information content (AvgIpc) is 2.23. The van der Waals surface area contributed by atoms with Crippen LogP contribution in [0.15, 0.2) is 0 Å². The van der Waals surface area contributed by atoms with E-state index in [4.69, 9.17) is 15.4 Å². The molecule has 8 heteroatoms. The molecule has 0 unspecified atom stereocenters. The van der Waals surface area contributed by atoms with E-state index in [2.05, 4.69) is 9.47 Å². The van der Waals surface area contributed by atoms with Crippen LogP contribution in [0.2, 0.25) is 0 Å². The number of aliphatic hydroxyl groups is 2. The molecule has 0 saturated heterocycles. The lowest BCUT2D eigenvalue weighted by atomic mass is 10.5. The van der Waals surface area contributed by atoms with Crippen LogP contribution in [0.5, 0.6) is 0 Å². The lowest BCUT2D eigenvalue weighted by Crippen LogP contribution is -2.34. The first kappa shape index (κ1) is 14.8. The number of nitrogens with zero attached hydrogens (tertiary/aromatic N) is 1. The van der Waals surface area contributed by atoms with Crippen LogP contribution in [-0.4, -0.2) is 71.9 Å². The average molecular weight is 237 g/mol. The molecule has 0 spiro atoms. The highest BCUT2D eigenvalue weighted by atomic mass is 16.6. The van der Waals surface area contributed by atoms with Crippen molar-refractivity contribution in [2.75, 3.05) is 39.5 Å². The zero-order valence-corrected chi connectivity index (χ0v) is 8.66. The highest BCUT2D eigenvalue weighted by Crippen LogP contribution is 1.88. The molecule has 0 bridgehead atoms. The summed E-state index contributed by atoms with van der Waals surface area (Å²) in [6.07, 6.45) is 0. The van der Waals surface area contributed by atoms with E-state index in [-0.39, 0.29) is 26.4 Å². The van der Waals surface area contributed by atoms with E-state index in [1.807, 2.05) is 0 Å². The summed E-state index contributed by atoms with van der Waals surface area (Å²) in [6, 6.07) is 0. The minimum atomic E-state index is -0.772. The second-order valence-electron chi connectivity index (χ2n) is 2.71. The van der Waals surface area contributed by atoms with Gasteiger partial charge in [0.15, 0.2) is 0 Å². The second-order valence-corrected chi connectivity index (χ2v) is 2.71. The number of hydrogen-bond donors (Lipinski definition) is 3. The molecule has 0 aromatic rings. The van der Waals surface area contributed by atoms with Crippen molar-refractivity contribution in [1.29, 1.82) is 0 Å². The summed E-state index contributed by atoms with van der Waals surface area (Å²) in [5.74, 6) is -1.54. The van der Waals surface area contributed by atoms with Crippen molar-refractivity contribution in [3.8, 4) is 0 Å². The van der Waals surface area contributed by atoms with Gasteiger partial charge in [0.25, 0.3) is 0 Å². The summed E-state index contributed by atoms with van der Waals surface area (Å²) in [5.41, 5.74) is 0. The number of carbonyl (C=O) groups is 2. The Labute approximate surface area is 91.9 Å². The molecule has 16 heavy (non-hydrogen) atoms. The largest absolute Gasteiger partial charge is 0.462 e. The molecule has 0 aliphatic carbocycles. The number of hydrogen-bond acceptors (Lipinski definition) is 8. The van der Waals surface area contributed by atoms with Gasteiger partial charge in [-0.05, 0) is 0 Å². The highest BCUT2D eigenvalue weighted by Gasteiger charge is 2.13. The molecule has 0 aromatic carbocycles. The summed E-state index contributed by atoms with van der Waals surface area (Å²) < 4.78 is 8.88. The summed E-state index contributed by atoms with van der Waals surface area (Å²) in [5, 5.41) is 26.2. The molecule has 0 aliphatic rings. The summed E-state index contributed by atoms with van der Waals surface area (Å²) in [7, 11) is 0. The Morgan fingerprint density at radius 1 is 0.938 bits per heavy atom. The number of hydroxylamine groups is 2. The van der Waals surface area contributed by atoms with Crippen molar-refractivity contribution in [3.05, 3.63) is 0 Å². The van der Waals surface area contributed by atoms with Crippen LogP contribution in [0, 0.1) is 0 Å². The quantitative estimate of drug-likeness (QED) is 0.320. The zero-order chi connectivity index (χ0) is 12.4. The Morgan fingerprint density at radius 2 is 1.31 bits per heavy atom. The van der Waals surface area contributed by atoms with E-state index < -0.39 is 25.0 Å². The molecule has 0 aliphatic heterocycles. The molecule has 0 heterocycles. The fraction of sp³-hybridized carbons (Fsp3) is 0.750. The molecule has 0 radical (unpaired) electrons. The van der Waals surface area contributed by atoms with Gasteiger partial charge in [0.2, 0.25) is 0 Å². The van der Waals surface area contributed by atoms with Gasteiger partial charge in [-0.15, -0.1) is 0 Å². The van der Waals surface area contributed by atoms with E-state index in [1.54, 1.807) is 0 Å². The topological polar surface area (TPSA) is 117 Å². The number of esters is 2. The molecule has 0 atom stereocenters. The molecule has 0 fully saturated rings. The van der Waals surface area contributed by atoms with E-state index in [0.717, 1.165) is 0 Å². The smallest absolute Gasteiger partial charge is 0.322 e. The molecule has 8 nitrogen and oxygen atoms in total. The van der Waals surface area contributed by atoms with E-state index in [9.17, 15) is 9.59 Å². The van der Waals surface area contributed by atoms with Gasteiger partial charge in [0, 0.05) is 0 Å². The van der Waals surface area contributed by atoms with Crippen molar-refractivity contribution in [2.45, 2.75) is 0 Å². The minimum Gasteiger partial charge on any atom is -0.462 e. The summed E-state index contributed by atoms with van der Waals surface area (Å²) >= 11 is 0. The predicted octanol–water partition coefficient (Wildman–Crippen LogP) is -2.25. The van der Waals surface area contributed by atoms with E-state index >= 15 is 0 Å². The van der Waals surface area contributed by atoms with Crippen molar-refractivity contribution in [2.24, 2.45) is 0 Å². The third-order valence-corrected chi connectivity index (χ3v) is 1.33. The van der Waals surface area contributed by atoms with Crippen LogP contribution in [0.3, 0.4) is 0 Å². The maximum absolute atomic E-state index is 10.9. The van der Waals surface area contributed by atoms with Gasteiger partial charge in [-0.3, -0.25) is 9.59 Å². The Hall–Kier alpha value is -1.22. The van der Waals surface area contributed by atoms with Gasteiger partial charge in [-0.1, -0.05) is 0 Å². The lowest BCUT2D eigenvalue weighted by Gasteiger charge is -2.12. The summed E-state index contributed by atoms with van der Waals surface area (Å²) in [4.78, 5) is 21.8. The predicted molar refractivity (Wildman–Crippen MR) is 49.4 cm³/mol. The van der Waals surface area contributed by atoms with E-state index in [0.29, 0.717) is 5.06 Å². The molecule has 94 valence electrons. The first-order valence-electron chi connectivity index (χ1n) is 4.57. The number of rotatable bonds is 8. The third-order valence-electron chi connectivity index (χ3n) is 1.33. The van der Waals surface area contributed by atoms with Crippen LogP contribution >= 0.6 is 0 Å². The summed E-state index contributed by atoms with van der Waals surface area (Å²) in [6.45, 7) is -1.96. The molecular weight excluding hydrogens is 222 g/mol. The van der Waals surface area contributed by atoms with Gasteiger partial charge >= 0.3 is 11.9 Å². The van der Waals surface area contributed by atoms with Gasteiger partial charge in [-0.2, -0.15) is 5.06 Å².